The van der Waals surface area contributed by atoms with Crippen LogP contribution in [0.1, 0.15) is 38.8 Å². The van der Waals surface area contributed by atoms with Gasteiger partial charge >= 0.3 is 0 Å². The molecule has 0 atom stereocenters. The second-order valence-corrected chi connectivity index (χ2v) is 5.72. The predicted molar refractivity (Wildman–Crippen MR) is 77.8 cm³/mol. The molecule has 3 heteroatoms. The van der Waals surface area contributed by atoms with Crippen LogP contribution >= 0.6 is 11.8 Å². The van der Waals surface area contributed by atoms with E-state index in [1.165, 1.54) is 16.6 Å². The second-order valence-electron chi connectivity index (χ2n) is 4.29. The van der Waals surface area contributed by atoms with Gasteiger partial charge in [0.25, 0.3) is 0 Å². The topological polar surface area (TPSA) is 17.3 Å². The lowest BCUT2D eigenvalue weighted by Gasteiger charge is -2.22. The van der Waals surface area contributed by atoms with Gasteiger partial charge in [-0.15, -0.1) is 0 Å². The van der Waals surface area contributed by atoms with Gasteiger partial charge in [-0.05, 0) is 44.2 Å². The van der Waals surface area contributed by atoms with Gasteiger partial charge in [0.2, 0.25) is 0 Å². The van der Waals surface area contributed by atoms with Crippen LogP contribution in [0.4, 0.5) is 0 Å². The number of aromatic nitrogens is 2. The Balaban J connectivity index is 0.000000686. The van der Waals surface area contributed by atoms with Crippen LogP contribution in [0.25, 0.3) is 5.52 Å². The summed E-state index contributed by atoms with van der Waals surface area (Å²) in [5.41, 5.74) is 3.73. The van der Waals surface area contributed by atoms with Gasteiger partial charge in [-0.3, -0.25) is 0 Å². The summed E-state index contributed by atoms with van der Waals surface area (Å²) in [5.74, 6) is 0. The van der Waals surface area contributed by atoms with E-state index in [-0.39, 0.29) is 4.75 Å². The normalized spacial score (nSPS) is 11.2. The van der Waals surface area contributed by atoms with E-state index in [1.54, 1.807) is 0 Å². The van der Waals surface area contributed by atoms with Crippen molar-refractivity contribution in [2.75, 3.05) is 6.26 Å². The fourth-order valence-corrected chi connectivity index (χ4v) is 1.94. The lowest BCUT2D eigenvalue weighted by atomic mass is 10.0. The van der Waals surface area contributed by atoms with Gasteiger partial charge in [-0.1, -0.05) is 19.9 Å². The largest absolute Gasteiger partial charge is 0.240 e. The molecule has 0 bridgehead atoms. The van der Waals surface area contributed by atoms with Gasteiger partial charge in [0.05, 0.1) is 11.7 Å². The Morgan fingerprint density at radius 1 is 1.24 bits per heavy atom. The van der Waals surface area contributed by atoms with Crippen molar-refractivity contribution < 1.29 is 0 Å². The zero-order valence-electron chi connectivity index (χ0n) is 11.6. The van der Waals surface area contributed by atoms with Crippen LogP contribution in [0.2, 0.25) is 0 Å². The highest BCUT2D eigenvalue weighted by Crippen LogP contribution is 2.33. The number of nitrogens with zero attached hydrogens (tertiary/aromatic N) is 2. The third kappa shape index (κ3) is 2.83. The van der Waals surface area contributed by atoms with Gasteiger partial charge in [0.1, 0.15) is 0 Å². The Morgan fingerprint density at radius 3 is 2.47 bits per heavy atom. The molecule has 2 aromatic heterocycles. The van der Waals surface area contributed by atoms with Crippen molar-refractivity contribution >= 4 is 17.3 Å². The van der Waals surface area contributed by atoms with E-state index in [0.717, 1.165) is 0 Å². The molecule has 2 nitrogen and oxygen atoms in total. The molecule has 0 amide bonds. The number of rotatable bonds is 2. The predicted octanol–water partition coefficient (Wildman–Crippen LogP) is 4.27. The number of hydrogen-bond acceptors (Lipinski definition) is 2. The number of pyridine rings is 1. The van der Waals surface area contributed by atoms with Gasteiger partial charge in [-0.25, -0.2) is 4.52 Å². The molecule has 0 unspecified atom stereocenters. The van der Waals surface area contributed by atoms with Crippen molar-refractivity contribution in [3.05, 3.63) is 35.7 Å². The molecule has 94 valence electrons. The Labute approximate surface area is 108 Å². The lowest BCUT2D eigenvalue weighted by Crippen LogP contribution is -2.12. The highest BCUT2D eigenvalue weighted by Gasteiger charge is 2.19. The molecule has 0 aliphatic carbocycles. The maximum atomic E-state index is 4.33. The second kappa shape index (κ2) is 5.58. The molecule has 0 saturated heterocycles. The molecule has 0 aromatic carbocycles. The molecule has 0 N–H and O–H groups in total. The first-order chi connectivity index (χ1) is 8.04. The summed E-state index contributed by atoms with van der Waals surface area (Å²) in [6.07, 6.45) is 6.17. The molecule has 0 fully saturated rings. The van der Waals surface area contributed by atoms with E-state index in [4.69, 9.17) is 0 Å². The minimum atomic E-state index is 0.147. The highest BCUT2D eigenvalue weighted by atomic mass is 32.2. The molecule has 0 spiro atoms. The smallest absolute Gasteiger partial charge is 0.0690 e. The maximum absolute atomic E-state index is 4.33. The molecule has 17 heavy (non-hydrogen) atoms. The van der Waals surface area contributed by atoms with Crippen molar-refractivity contribution in [2.45, 2.75) is 39.4 Å². The fraction of sp³-hybridized carbons (Fsp3) is 0.500. The van der Waals surface area contributed by atoms with E-state index in [9.17, 15) is 0 Å². The zero-order chi connectivity index (χ0) is 13.1. The van der Waals surface area contributed by atoms with Gasteiger partial charge in [-0.2, -0.15) is 16.9 Å². The van der Waals surface area contributed by atoms with Crippen LogP contribution < -0.4 is 0 Å². The molecule has 2 heterocycles. The molecular weight excluding hydrogens is 228 g/mol. The average Bonchev–Trinajstić information content (AvgIpc) is 2.73. The number of aryl methyl sites for hydroxylation is 1. The first-order valence-corrected chi connectivity index (χ1v) is 7.27. The van der Waals surface area contributed by atoms with Crippen LogP contribution in [0.15, 0.2) is 24.5 Å². The SMILES string of the molecule is CC.CSC(C)(C)c1ccc2c(C)cnn2c1. The fourth-order valence-electron chi connectivity index (χ4n) is 1.59. The summed E-state index contributed by atoms with van der Waals surface area (Å²) in [5, 5.41) is 4.33. The Kier molecular flexibility index (Phi) is 4.63. The Hall–Kier alpha value is -0.960. The summed E-state index contributed by atoms with van der Waals surface area (Å²) in [7, 11) is 0. The number of fused-ring (bicyclic) bond motifs is 1. The monoisotopic (exact) mass is 250 g/mol. The summed E-state index contributed by atoms with van der Waals surface area (Å²) >= 11 is 1.85. The Morgan fingerprint density at radius 2 is 1.88 bits per heavy atom. The van der Waals surface area contributed by atoms with Crippen LogP contribution in [0.5, 0.6) is 0 Å². The first kappa shape index (κ1) is 14.1. The molecule has 0 aliphatic rings. The van der Waals surface area contributed by atoms with Gasteiger partial charge in [0.15, 0.2) is 0 Å². The molecule has 0 radical (unpaired) electrons. The van der Waals surface area contributed by atoms with Crippen molar-refractivity contribution in [2.24, 2.45) is 0 Å². The van der Waals surface area contributed by atoms with Gasteiger partial charge < -0.3 is 0 Å². The standard InChI is InChI=1S/C12H16N2S.C2H6/c1-9-7-13-14-8-10(5-6-11(9)14)12(2,3)15-4;1-2/h5-8H,1-4H3;1-2H3. The van der Waals surface area contributed by atoms with Crippen molar-refractivity contribution in [3.8, 4) is 0 Å². The van der Waals surface area contributed by atoms with E-state index in [0.29, 0.717) is 0 Å². The zero-order valence-corrected chi connectivity index (χ0v) is 12.4. The summed E-state index contributed by atoms with van der Waals surface area (Å²) in [6, 6.07) is 4.34. The molecular formula is C14H22N2S. The lowest BCUT2D eigenvalue weighted by molar-refractivity contribution is 0.768. The maximum Gasteiger partial charge on any atom is 0.0690 e. The van der Waals surface area contributed by atoms with E-state index >= 15 is 0 Å². The molecule has 0 aliphatic heterocycles. The highest BCUT2D eigenvalue weighted by molar-refractivity contribution is 7.99. The molecule has 0 saturated carbocycles. The van der Waals surface area contributed by atoms with E-state index in [2.05, 4.69) is 50.5 Å². The van der Waals surface area contributed by atoms with Crippen LogP contribution in [0.3, 0.4) is 0 Å². The average molecular weight is 250 g/mol. The van der Waals surface area contributed by atoms with Crippen molar-refractivity contribution in [3.63, 3.8) is 0 Å². The van der Waals surface area contributed by atoms with Gasteiger partial charge in [0, 0.05) is 10.9 Å². The first-order valence-electron chi connectivity index (χ1n) is 6.04. The summed E-state index contributed by atoms with van der Waals surface area (Å²) < 4.78 is 2.11. The van der Waals surface area contributed by atoms with Crippen LogP contribution in [-0.2, 0) is 4.75 Å². The quantitative estimate of drug-likeness (QED) is 0.792. The molecule has 2 rings (SSSR count). The minimum Gasteiger partial charge on any atom is -0.240 e. The molecule has 2 aromatic rings. The van der Waals surface area contributed by atoms with Crippen molar-refractivity contribution in [1.82, 2.24) is 9.61 Å². The third-order valence-corrected chi connectivity index (χ3v) is 4.17. The number of thioether (sulfide) groups is 1. The Bertz CT molecular complexity index is 486. The third-order valence-electron chi connectivity index (χ3n) is 2.91. The summed E-state index contributed by atoms with van der Waals surface area (Å²) in [6.45, 7) is 10.5. The van der Waals surface area contributed by atoms with Crippen LogP contribution in [0, 0.1) is 6.92 Å². The van der Waals surface area contributed by atoms with E-state index < -0.39 is 0 Å². The van der Waals surface area contributed by atoms with Crippen molar-refractivity contribution in [1.29, 1.82) is 0 Å². The van der Waals surface area contributed by atoms with Crippen LogP contribution in [-0.4, -0.2) is 15.9 Å². The minimum absolute atomic E-state index is 0.147. The van der Waals surface area contributed by atoms with E-state index in [1.807, 2.05) is 36.3 Å². The number of hydrogen-bond donors (Lipinski definition) is 0. The summed E-state index contributed by atoms with van der Waals surface area (Å²) in [4.78, 5) is 0.